The van der Waals surface area contributed by atoms with Crippen molar-refractivity contribution in [2.75, 3.05) is 13.7 Å². The maximum absolute atomic E-state index is 13.0. The summed E-state index contributed by atoms with van der Waals surface area (Å²) < 4.78 is 18.8. The molecule has 1 unspecified atom stereocenters. The molecule has 0 radical (unpaired) electrons. The van der Waals surface area contributed by atoms with Crippen LogP contribution >= 0.6 is 0 Å². The normalized spacial score (nSPS) is 13.7. The fourth-order valence-electron chi connectivity index (χ4n) is 1.54. The summed E-state index contributed by atoms with van der Waals surface area (Å²) in [4.78, 5) is 0. The van der Waals surface area contributed by atoms with Gasteiger partial charge in [-0.25, -0.2) is 4.39 Å². The van der Waals surface area contributed by atoms with Crippen LogP contribution in [0, 0.1) is 5.82 Å². The first-order valence-corrected chi connectivity index (χ1v) is 5.96. The molecule has 0 aliphatic heterocycles. The van der Waals surface area contributed by atoms with E-state index in [1.165, 1.54) is 6.07 Å². The summed E-state index contributed by atoms with van der Waals surface area (Å²) in [6.45, 7) is 6.71. The lowest BCUT2D eigenvalue weighted by molar-refractivity contribution is -0.0134. The lowest BCUT2D eigenvalue weighted by Crippen LogP contribution is -2.36. The van der Waals surface area contributed by atoms with Crippen LogP contribution in [-0.2, 0) is 11.2 Å². The van der Waals surface area contributed by atoms with Gasteiger partial charge in [-0.3, -0.25) is 0 Å². The number of hydrogen-bond donors (Lipinski definition) is 1. The molecular weight excluding hydrogens is 217 g/mol. The maximum Gasteiger partial charge on any atom is 0.123 e. The van der Waals surface area contributed by atoms with Crippen molar-refractivity contribution in [1.29, 1.82) is 0 Å². The Bertz CT molecular complexity index is 346. The first-order valence-electron chi connectivity index (χ1n) is 5.96. The van der Waals surface area contributed by atoms with Crippen LogP contribution < -0.4 is 5.32 Å². The van der Waals surface area contributed by atoms with Gasteiger partial charge in [-0.05, 0) is 51.9 Å². The van der Waals surface area contributed by atoms with E-state index in [-0.39, 0.29) is 17.5 Å². The second-order valence-electron chi connectivity index (χ2n) is 5.24. The zero-order valence-corrected chi connectivity index (χ0v) is 11.1. The standard InChI is InChI=1S/C14H22FNO/c1-14(2,3)17-10-13(16-4)9-11-6-5-7-12(15)8-11/h5-8,13,16H,9-10H2,1-4H3. The zero-order valence-electron chi connectivity index (χ0n) is 11.1. The van der Waals surface area contributed by atoms with Gasteiger partial charge in [-0.1, -0.05) is 12.1 Å². The van der Waals surface area contributed by atoms with Gasteiger partial charge in [0.2, 0.25) is 0 Å². The highest BCUT2D eigenvalue weighted by molar-refractivity contribution is 5.17. The smallest absolute Gasteiger partial charge is 0.123 e. The lowest BCUT2D eigenvalue weighted by atomic mass is 10.1. The molecule has 1 rings (SSSR count). The van der Waals surface area contributed by atoms with Crippen molar-refractivity contribution in [2.45, 2.75) is 38.8 Å². The SMILES string of the molecule is CNC(COC(C)(C)C)Cc1cccc(F)c1. The molecule has 0 amide bonds. The molecule has 0 spiro atoms. The third-order valence-electron chi connectivity index (χ3n) is 2.50. The fourth-order valence-corrected chi connectivity index (χ4v) is 1.54. The van der Waals surface area contributed by atoms with E-state index in [9.17, 15) is 4.39 Å². The van der Waals surface area contributed by atoms with E-state index in [1.807, 2.05) is 33.9 Å². The van der Waals surface area contributed by atoms with E-state index in [4.69, 9.17) is 4.74 Å². The maximum atomic E-state index is 13.0. The third kappa shape index (κ3) is 5.80. The van der Waals surface area contributed by atoms with Crippen molar-refractivity contribution in [3.05, 3.63) is 35.6 Å². The highest BCUT2D eigenvalue weighted by Crippen LogP contribution is 2.10. The van der Waals surface area contributed by atoms with Crippen molar-refractivity contribution in [3.63, 3.8) is 0 Å². The van der Waals surface area contributed by atoms with Gasteiger partial charge < -0.3 is 10.1 Å². The molecule has 1 N–H and O–H groups in total. The summed E-state index contributed by atoms with van der Waals surface area (Å²) >= 11 is 0. The Kier molecular flexibility index (Phi) is 5.09. The molecule has 0 saturated heterocycles. The van der Waals surface area contributed by atoms with Crippen molar-refractivity contribution in [2.24, 2.45) is 0 Å². The van der Waals surface area contributed by atoms with Crippen LogP contribution in [0.1, 0.15) is 26.3 Å². The highest BCUT2D eigenvalue weighted by Gasteiger charge is 2.14. The van der Waals surface area contributed by atoms with Gasteiger partial charge in [-0.15, -0.1) is 0 Å². The number of likely N-dealkylation sites (N-methyl/N-ethyl adjacent to an activating group) is 1. The molecule has 0 aliphatic rings. The van der Waals surface area contributed by atoms with E-state index in [0.29, 0.717) is 6.61 Å². The Morgan fingerprint density at radius 2 is 2.06 bits per heavy atom. The molecule has 0 aromatic heterocycles. The highest BCUT2D eigenvalue weighted by atomic mass is 19.1. The van der Waals surface area contributed by atoms with Gasteiger partial charge >= 0.3 is 0 Å². The Hall–Kier alpha value is -0.930. The monoisotopic (exact) mass is 239 g/mol. The molecule has 1 aromatic carbocycles. The number of halogens is 1. The first kappa shape index (κ1) is 14.1. The molecule has 0 saturated carbocycles. The number of rotatable bonds is 5. The second-order valence-corrected chi connectivity index (χ2v) is 5.24. The average molecular weight is 239 g/mol. The molecule has 3 heteroatoms. The molecule has 17 heavy (non-hydrogen) atoms. The predicted molar refractivity (Wildman–Crippen MR) is 68.7 cm³/mol. The third-order valence-corrected chi connectivity index (χ3v) is 2.50. The van der Waals surface area contributed by atoms with E-state index in [1.54, 1.807) is 12.1 Å². The van der Waals surface area contributed by atoms with Crippen molar-refractivity contribution in [1.82, 2.24) is 5.32 Å². The molecule has 0 fully saturated rings. The number of hydrogen-bond acceptors (Lipinski definition) is 2. The van der Waals surface area contributed by atoms with E-state index < -0.39 is 0 Å². The Balaban J connectivity index is 2.52. The van der Waals surface area contributed by atoms with Crippen LogP contribution in [0.4, 0.5) is 4.39 Å². The molecule has 0 bridgehead atoms. The summed E-state index contributed by atoms with van der Waals surface area (Å²) in [6.07, 6.45) is 0.768. The summed E-state index contributed by atoms with van der Waals surface area (Å²) in [7, 11) is 1.90. The summed E-state index contributed by atoms with van der Waals surface area (Å²) in [6, 6.07) is 6.91. The van der Waals surface area contributed by atoms with E-state index in [0.717, 1.165) is 12.0 Å². The Morgan fingerprint density at radius 1 is 1.35 bits per heavy atom. The minimum Gasteiger partial charge on any atom is -0.374 e. The van der Waals surface area contributed by atoms with Crippen molar-refractivity contribution in [3.8, 4) is 0 Å². The van der Waals surface area contributed by atoms with Crippen LogP contribution in [0.15, 0.2) is 24.3 Å². The molecule has 1 aromatic rings. The lowest BCUT2D eigenvalue weighted by Gasteiger charge is -2.24. The zero-order chi connectivity index (χ0) is 12.9. The van der Waals surface area contributed by atoms with Crippen LogP contribution in [0.2, 0.25) is 0 Å². The van der Waals surface area contributed by atoms with Gasteiger partial charge in [0.25, 0.3) is 0 Å². The van der Waals surface area contributed by atoms with Gasteiger partial charge in [0.1, 0.15) is 5.82 Å². The first-order chi connectivity index (χ1) is 7.90. The molecule has 2 nitrogen and oxygen atoms in total. The molecule has 0 heterocycles. The molecule has 96 valence electrons. The average Bonchev–Trinajstić information content (AvgIpc) is 2.23. The van der Waals surface area contributed by atoms with Gasteiger partial charge in [-0.2, -0.15) is 0 Å². The minimum atomic E-state index is -0.186. The fraction of sp³-hybridized carbons (Fsp3) is 0.571. The second kappa shape index (κ2) is 6.12. The topological polar surface area (TPSA) is 21.3 Å². The van der Waals surface area contributed by atoms with Gasteiger partial charge in [0, 0.05) is 6.04 Å². The largest absolute Gasteiger partial charge is 0.374 e. The minimum absolute atomic E-state index is 0.142. The number of ether oxygens (including phenoxy) is 1. The Morgan fingerprint density at radius 3 is 2.59 bits per heavy atom. The summed E-state index contributed by atoms with van der Waals surface area (Å²) in [5, 5.41) is 3.20. The van der Waals surface area contributed by atoms with Crippen molar-refractivity contribution < 1.29 is 9.13 Å². The quantitative estimate of drug-likeness (QED) is 0.853. The summed E-state index contributed by atoms with van der Waals surface area (Å²) in [5.74, 6) is -0.186. The van der Waals surface area contributed by atoms with Crippen LogP contribution in [0.5, 0.6) is 0 Å². The van der Waals surface area contributed by atoms with Crippen LogP contribution in [0.3, 0.4) is 0 Å². The summed E-state index contributed by atoms with van der Waals surface area (Å²) in [5.41, 5.74) is 0.846. The predicted octanol–water partition coefficient (Wildman–Crippen LogP) is 2.77. The van der Waals surface area contributed by atoms with E-state index >= 15 is 0 Å². The molecule has 0 aliphatic carbocycles. The van der Waals surface area contributed by atoms with E-state index in [2.05, 4.69) is 5.32 Å². The molecular formula is C14H22FNO. The number of benzene rings is 1. The van der Waals surface area contributed by atoms with Crippen LogP contribution in [-0.4, -0.2) is 25.3 Å². The van der Waals surface area contributed by atoms with Gasteiger partial charge in [0.15, 0.2) is 0 Å². The number of nitrogens with one attached hydrogen (secondary N) is 1. The Labute approximate surface area is 103 Å². The van der Waals surface area contributed by atoms with Gasteiger partial charge in [0.05, 0.1) is 12.2 Å². The van der Waals surface area contributed by atoms with Crippen molar-refractivity contribution >= 4 is 0 Å². The molecule has 1 atom stereocenters. The van der Waals surface area contributed by atoms with Crippen LogP contribution in [0.25, 0.3) is 0 Å².